The molecule has 17 heavy (non-hydrogen) atoms. The number of carbonyl (C=O) groups excluding carboxylic acids is 1. The summed E-state index contributed by atoms with van der Waals surface area (Å²) in [5, 5.41) is 2.30. The third-order valence-electron chi connectivity index (χ3n) is 2.95. The third kappa shape index (κ3) is 1.61. The lowest BCUT2D eigenvalue weighted by Gasteiger charge is -1.97. The molecule has 2 nitrogen and oxygen atoms in total. The van der Waals surface area contributed by atoms with Crippen LogP contribution in [0.3, 0.4) is 0 Å². The summed E-state index contributed by atoms with van der Waals surface area (Å²) < 4.78 is 0. The Balaban J connectivity index is 2.30. The summed E-state index contributed by atoms with van der Waals surface area (Å²) in [7, 11) is 0. The van der Waals surface area contributed by atoms with Gasteiger partial charge in [0.1, 0.15) is 0 Å². The number of aromatic nitrogens is 1. The fourth-order valence-electron chi connectivity index (χ4n) is 2.11. The van der Waals surface area contributed by atoms with Crippen LogP contribution in [0.2, 0.25) is 0 Å². The van der Waals surface area contributed by atoms with Gasteiger partial charge in [0.25, 0.3) is 0 Å². The number of nitrogens with one attached hydrogen (secondary N) is 1. The van der Waals surface area contributed by atoms with Crippen LogP contribution >= 0.6 is 11.6 Å². The van der Waals surface area contributed by atoms with Gasteiger partial charge in [-0.05, 0) is 12.1 Å². The van der Waals surface area contributed by atoms with Crippen LogP contribution in [0.5, 0.6) is 0 Å². The smallest absolute Gasteiger partial charge is 0.177 e. The van der Waals surface area contributed by atoms with Crippen LogP contribution in [-0.4, -0.2) is 16.6 Å². The van der Waals surface area contributed by atoms with Gasteiger partial charge in [-0.15, -0.1) is 11.6 Å². The van der Waals surface area contributed by atoms with Crippen LogP contribution in [0, 0.1) is 0 Å². The van der Waals surface area contributed by atoms with Crippen molar-refractivity contribution in [2.45, 2.75) is 0 Å². The van der Waals surface area contributed by atoms with Gasteiger partial charge in [-0.2, -0.15) is 0 Å². The fourth-order valence-corrected chi connectivity index (χ4v) is 2.26. The predicted molar refractivity (Wildman–Crippen MR) is 70.9 cm³/mol. The van der Waals surface area contributed by atoms with E-state index in [9.17, 15) is 4.79 Å². The van der Waals surface area contributed by atoms with E-state index in [1.165, 1.54) is 5.39 Å². The maximum atomic E-state index is 11.5. The van der Waals surface area contributed by atoms with Gasteiger partial charge in [0.05, 0.1) is 5.88 Å². The van der Waals surface area contributed by atoms with Crippen molar-refractivity contribution in [1.29, 1.82) is 0 Å². The highest BCUT2D eigenvalue weighted by Gasteiger charge is 2.08. The van der Waals surface area contributed by atoms with Crippen LogP contribution in [0.15, 0.2) is 42.5 Å². The van der Waals surface area contributed by atoms with E-state index in [0.717, 1.165) is 16.4 Å². The number of H-pyrrole nitrogens is 1. The molecule has 0 unspecified atom stereocenters. The normalized spacial score (nSPS) is 11.1. The van der Waals surface area contributed by atoms with Gasteiger partial charge in [0, 0.05) is 27.4 Å². The van der Waals surface area contributed by atoms with Crippen LogP contribution in [0.4, 0.5) is 0 Å². The lowest BCUT2D eigenvalue weighted by Crippen LogP contribution is -1.99. The van der Waals surface area contributed by atoms with Gasteiger partial charge < -0.3 is 4.98 Å². The number of rotatable bonds is 2. The molecule has 84 valence electrons. The fraction of sp³-hybridized carbons (Fsp3) is 0.0714. The number of alkyl halides is 1. The molecule has 0 fully saturated rings. The second kappa shape index (κ2) is 3.90. The summed E-state index contributed by atoms with van der Waals surface area (Å²) in [6.07, 6.45) is 0. The van der Waals surface area contributed by atoms with E-state index in [1.54, 1.807) is 0 Å². The molecule has 0 aliphatic carbocycles. The van der Waals surface area contributed by atoms with Gasteiger partial charge in [0.15, 0.2) is 5.78 Å². The molecule has 2 aromatic carbocycles. The Kier molecular flexibility index (Phi) is 2.37. The Morgan fingerprint density at radius 2 is 1.82 bits per heavy atom. The highest BCUT2D eigenvalue weighted by Crippen LogP contribution is 2.25. The van der Waals surface area contributed by atoms with Crippen LogP contribution in [0.1, 0.15) is 10.4 Å². The Labute approximate surface area is 103 Å². The summed E-state index contributed by atoms with van der Waals surface area (Å²) in [6, 6.07) is 13.7. The zero-order chi connectivity index (χ0) is 11.8. The molecule has 3 heteroatoms. The lowest BCUT2D eigenvalue weighted by atomic mass is 10.1. The van der Waals surface area contributed by atoms with Gasteiger partial charge in [-0.3, -0.25) is 4.79 Å². The van der Waals surface area contributed by atoms with Crippen molar-refractivity contribution in [3.8, 4) is 0 Å². The average Bonchev–Trinajstić information content (AvgIpc) is 2.75. The molecule has 0 amide bonds. The molecule has 0 saturated carbocycles. The van der Waals surface area contributed by atoms with E-state index < -0.39 is 0 Å². The van der Waals surface area contributed by atoms with Crippen LogP contribution in [-0.2, 0) is 0 Å². The maximum Gasteiger partial charge on any atom is 0.177 e. The van der Waals surface area contributed by atoms with E-state index in [-0.39, 0.29) is 11.7 Å². The number of halogens is 1. The van der Waals surface area contributed by atoms with Crippen molar-refractivity contribution in [3.63, 3.8) is 0 Å². The Hall–Kier alpha value is -1.80. The number of ketones is 1. The molecule has 0 radical (unpaired) electrons. The molecular weight excluding hydrogens is 234 g/mol. The minimum absolute atomic E-state index is 0.0196. The van der Waals surface area contributed by atoms with E-state index in [1.807, 2.05) is 36.4 Å². The molecule has 0 saturated heterocycles. The Morgan fingerprint density at radius 3 is 2.65 bits per heavy atom. The first-order valence-corrected chi connectivity index (χ1v) is 5.92. The van der Waals surface area contributed by atoms with Gasteiger partial charge >= 0.3 is 0 Å². The summed E-state index contributed by atoms with van der Waals surface area (Å²) in [5.74, 6) is -0.0293. The van der Waals surface area contributed by atoms with E-state index in [4.69, 9.17) is 11.6 Å². The van der Waals surface area contributed by atoms with Crippen molar-refractivity contribution >= 4 is 39.2 Å². The average molecular weight is 244 g/mol. The second-order valence-corrected chi connectivity index (χ2v) is 4.26. The van der Waals surface area contributed by atoms with E-state index in [0.29, 0.717) is 5.56 Å². The van der Waals surface area contributed by atoms with Gasteiger partial charge in [-0.25, -0.2) is 0 Å². The molecule has 0 aliphatic rings. The predicted octanol–water partition coefficient (Wildman–Crippen LogP) is 3.74. The number of carbonyl (C=O) groups is 1. The summed E-state index contributed by atoms with van der Waals surface area (Å²) in [6.45, 7) is 0. The van der Waals surface area contributed by atoms with E-state index >= 15 is 0 Å². The summed E-state index contributed by atoms with van der Waals surface area (Å²) in [4.78, 5) is 14.8. The van der Waals surface area contributed by atoms with E-state index in [2.05, 4.69) is 11.1 Å². The number of para-hydroxylation sites is 1. The molecule has 0 spiro atoms. The van der Waals surface area contributed by atoms with Gasteiger partial charge in [-0.1, -0.05) is 30.3 Å². The molecule has 3 aromatic rings. The number of Topliss-reactive ketones (excluding diaryl/α,β-unsaturated/α-hetero) is 1. The topological polar surface area (TPSA) is 32.9 Å². The number of fused-ring (bicyclic) bond motifs is 3. The second-order valence-electron chi connectivity index (χ2n) is 3.99. The first kappa shape index (κ1) is 10.4. The summed E-state index contributed by atoms with van der Waals surface area (Å²) >= 11 is 5.56. The minimum atomic E-state index is -0.0489. The third-order valence-corrected chi connectivity index (χ3v) is 3.19. The monoisotopic (exact) mass is 243 g/mol. The SMILES string of the molecule is O=C(CCl)c1ccc2c(c1)[nH]c1ccccc12. The molecule has 1 N–H and O–H groups in total. The van der Waals surface area contributed by atoms with Crippen LogP contribution < -0.4 is 0 Å². The molecule has 1 aromatic heterocycles. The zero-order valence-corrected chi connectivity index (χ0v) is 9.79. The lowest BCUT2D eigenvalue weighted by molar-refractivity contribution is 0.102. The van der Waals surface area contributed by atoms with Crippen molar-refractivity contribution < 1.29 is 4.79 Å². The van der Waals surface area contributed by atoms with Gasteiger partial charge in [0.2, 0.25) is 0 Å². The first-order valence-electron chi connectivity index (χ1n) is 5.39. The zero-order valence-electron chi connectivity index (χ0n) is 9.03. The number of aromatic amines is 1. The highest BCUT2D eigenvalue weighted by atomic mass is 35.5. The Morgan fingerprint density at radius 1 is 1.06 bits per heavy atom. The number of benzene rings is 2. The number of hydrogen-bond donors (Lipinski definition) is 1. The van der Waals surface area contributed by atoms with Crippen molar-refractivity contribution in [3.05, 3.63) is 48.0 Å². The largest absolute Gasteiger partial charge is 0.354 e. The van der Waals surface area contributed by atoms with Crippen LogP contribution in [0.25, 0.3) is 21.8 Å². The Bertz CT molecular complexity index is 714. The summed E-state index contributed by atoms with van der Waals surface area (Å²) in [5.41, 5.74) is 2.71. The maximum absolute atomic E-state index is 11.5. The van der Waals surface area contributed by atoms with Crippen molar-refractivity contribution in [2.24, 2.45) is 0 Å². The standard InChI is InChI=1S/C14H10ClNO/c15-8-14(17)9-5-6-11-10-3-1-2-4-12(10)16-13(11)7-9/h1-7,16H,8H2. The highest BCUT2D eigenvalue weighted by molar-refractivity contribution is 6.30. The number of hydrogen-bond acceptors (Lipinski definition) is 1. The van der Waals surface area contributed by atoms with Crippen molar-refractivity contribution in [1.82, 2.24) is 4.98 Å². The first-order chi connectivity index (χ1) is 8.29. The molecular formula is C14H10ClNO. The van der Waals surface area contributed by atoms with Crippen molar-refractivity contribution in [2.75, 3.05) is 5.88 Å². The minimum Gasteiger partial charge on any atom is -0.354 e. The quantitative estimate of drug-likeness (QED) is 0.540. The molecule has 0 aliphatic heterocycles. The molecule has 3 rings (SSSR count). The molecule has 1 heterocycles. The molecule has 0 bridgehead atoms. The molecule has 0 atom stereocenters.